The van der Waals surface area contributed by atoms with E-state index in [-0.39, 0.29) is 17.1 Å². The third-order valence-electron chi connectivity index (χ3n) is 5.51. The van der Waals surface area contributed by atoms with Crippen LogP contribution in [0, 0.1) is 0 Å². The smallest absolute Gasteiger partial charge is 0.295 e. The normalized spacial score (nSPS) is 15.2. The summed E-state index contributed by atoms with van der Waals surface area (Å²) in [5, 5.41) is 0.780. The Morgan fingerprint density at radius 2 is 1.81 bits per heavy atom. The van der Waals surface area contributed by atoms with E-state index in [2.05, 4.69) is 0 Å². The lowest BCUT2D eigenvalue weighted by Crippen LogP contribution is -2.29. The molecule has 6 heteroatoms. The van der Waals surface area contributed by atoms with E-state index in [9.17, 15) is 9.59 Å². The second-order valence-corrected chi connectivity index (χ2v) is 8.09. The molecule has 0 radical (unpaired) electrons. The number of hydrogen-bond acceptors (Lipinski definition) is 4. The highest BCUT2D eigenvalue weighted by molar-refractivity contribution is 6.31. The Hall–Kier alpha value is -3.57. The van der Waals surface area contributed by atoms with E-state index < -0.39 is 6.04 Å². The predicted molar refractivity (Wildman–Crippen MR) is 125 cm³/mol. The molecule has 1 aromatic heterocycles. The van der Waals surface area contributed by atoms with Crippen molar-refractivity contribution in [2.24, 2.45) is 0 Å². The average molecular weight is 446 g/mol. The van der Waals surface area contributed by atoms with Gasteiger partial charge in [-0.1, -0.05) is 48.9 Å². The van der Waals surface area contributed by atoms with Crippen LogP contribution < -0.4 is 15.1 Å². The molecule has 3 aromatic carbocycles. The fraction of sp³-hybridized carbons (Fsp3) is 0.154. The molecule has 2 heterocycles. The summed E-state index contributed by atoms with van der Waals surface area (Å²) in [5.74, 6) is 0.384. The van der Waals surface area contributed by atoms with E-state index >= 15 is 0 Å². The zero-order valence-electron chi connectivity index (χ0n) is 17.4. The minimum absolute atomic E-state index is 0.0542. The number of hydrogen-bond donors (Lipinski definition) is 0. The summed E-state index contributed by atoms with van der Waals surface area (Å²) in [7, 11) is 0. The average Bonchev–Trinajstić information content (AvgIpc) is 3.11. The van der Waals surface area contributed by atoms with Gasteiger partial charge in [0.1, 0.15) is 11.3 Å². The van der Waals surface area contributed by atoms with Crippen LogP contribution in [0.15, 0.2) is 82.0 Å². The number of fused-ring (bicyclic) bond motifs is 2. The number of carbonyl (C=O) groups excluding carboxylic acids is 1. The van der Waals surface area contributed by atoms with Gasteiger partial charge in [0.05, 0.1) is 23.6 Å². The molecule has 0 saturated heterocycles. The fourth-order valence-electron chi connectivity index (χ4n) is 4.11. The standard InChI is InChI=1S/C26H20ClNO4/c1-2-13-31-19-10-6-7-16(14-19)23-22-24(29)20-15-17(27)11-12-21(20)32-25(22)26(30)28(23)18-8-4-3-5-9-18/h3-12,14-15,23H,2,13H2,1H3. The molecule has 160 valence electrons. The van der Waals surface area contributed by atoms with Gasteiger partial charge in [-0.3, -0.25) is 14.5 Å². The molecular weight excluding hydrogens is 426 g/mol. The lowest BCUT2D eigenvalue weighted by molar-refractivity contribution is 0.0971. The van der Waals surface area contributed by atoms with Gasteiger partial charge in [0.2, 0.25) is 5.76 Å². The van der Waals surface area contributed by atoms with Crippen LogP contribution in [0.4, 0.5) is 5.69 Å². The molecule has 1 atom stereocenters. The van der Waals surface area contributed by atoms with Crippen molar-refractivity contribution in [3.63, 3.8) is 0 Å². The first-order valence-corrected chi connectivity index (χ1v) is 10.8. The van der Waals surface area contributed by atoms with E-state index in [0.717, 1.165) is 12.0 Å². The highest BCUT2D eigenvalue weighted by Crippen LogP contribution is 2.41. The van der Waals surface area contributed by atoms with Crippen molar-refractivity contribution in [3.8, 4) is 5.75 Å². The van der Waals surface area contributed by atoms with Gasteiger partial charge in [-0.25, -0.2) is 0 Å². The Labute approximate surface area is 189 Å². The number of benzene rings is 3. The lowest BCUT2D eigenvalue weighted by atomic mass is 9.98. The van der Waals surface area contributed by atoms with Crippen LogP contribution in [0.5, 0.6) is 5.75 Å². The fourth-order valence-corrected chi connectivity index (χ4v) is 4.28. The highest BCUT2D eigenvalue weighted by Gasteiger charge is 2.43. The third kappa shape index (κ3) is 3.35. The number of para-hydroxylation sites is 1. The summed E-state index contributed by atoms with van der Waals surface area (Å²) >= 11 is 6.14. The minimum Gasteiger partial charge on any atom is -0.494 e. The van der Waals surface area contributed by atoms with Gasteiger partial charge in [-0.15, -0.1) is 0 Å². The molecule has 1 aliphatic heterocycles. The molecule has 1 unspecified atom stereocenters. The number of halogens is 1. The molecule has 1 aliphatic rings. The summed E-state index contributed by atoms with van der Waals surface area (Å²) in [6.07, 6.45) is 0.876. The van der Waals surface area contributed by atoms with Crippen molar-refractivity contribution in [2.75, 3.05) is 11.5 Å². The van der Waals surface area contributed by atoms with E-state index in [1.165, 1.54) is 0 Å². The van der Waals surface area contributed by atoms with Gasteiger partial charge in [0.25, 0.3) is 5.91 Å². The van der Waals surface area contributed by atoms with E-state index in [0.29, 0.717) is 39.6 Å². The number of rotatable bonds is 5. The molecular formula is C26H20ClNO4. The van der Waals surface area contributed by atoms with Crippen molar-refractivity contribution in [1.29, 1.82) is 0 Å². The van der Waals surface area contributed by atoms with Gasteiger partial charge in [0.15, 0.2) is 5.43 Å². The minimum atomic E-state index is -0.648. The van der Waals surface area contributed by atoms with E-state index in [1.807, 2.05) is 61.5 Å². The Kier molecular flexibility index (Phi) is 5.19. The monoisotopic (exact) mass is 445 g/mol. The molecule has 0 N–H and O–H groups in total. The maximum atomic E-state index is 13.6. The number of nitrogens with zero attached hydrogens (tertiary/aromatic N) is 1. The van der Waals surface area contributed by atoms with E-state index in [1.54, 1.807) is 23.1 Å². The van der Waals surface area contributed by atoms with Crippen LogP contribution in [-0.2, 0) is 0 Å². The second kappa shape index (κ2) is 8.17. The Morgan fingerprint density at radius 3 is 2.59 bits per heavy atom. The molecule has 5 rings (SSSR count). The molecule has 0 fully saturated rings. The number of amides is 1. The maximum Gasteiger partial charge on any atom is 0.295 e. The quantitative estimate of drug-likeness (QED) is 0.379. The van der Waals surface area contributed by atoms with Crippen molar-refractivity contribution in [3.05, 3.63) is 105 Å². The zero-order chi connectivity index (χ0) is 22.2. The summed E-state index contributed by atoms with van der Waals surface area (Å²) < 4.78 is 11.8. The van der Waals surface area contributed by atoms with Crippen LogP contribution >= 0.6 is 11.6 Å². The van der Waals surface area contributed by atoms with Crippen LogP contribution in [0.1, 0.15) is 41.1 Å². The SMILES string of the molecule is CCCOc1cccc(C2c3c(oc4ccc(Cl)cc4c3=O)C(=O)N2c2ccccc2)c1. The molecule has 5 nitrogen and oxygen atoms in total. The molecule has 0 saturated carbocycles. The first-order chi connectivity index (χ1) is 15.6. The zero-order valence-corrected chi connectivity index (χ0v) is 18.1. The predicted octanol–water partition coefficient (Wildman–Crippen LogP) is 5.99. The second-order valence-electron chi connectivity index (χ2n) is 7.65. The van der Waals surface area contributed by atoms with Crippen molar-refractivity contribution >= 4 is 34.2 Å². The summed E-state index contributed by atoms with van der Waals surface area (Å²) in [6.45, 7) is 2.62. The topological polar surface area (TPSA) is 59.8 Å². The van der Waals surface area contributed by atoms with Crippen molar-refractivity contribution in [2.45, 2.75) is 19.4 Å². The van der Waals surface area contributed by atoms with Gasteiger partial charge in [-0.2, -0.15) is 0 Å². The number of ether oxygens (including phenoxy) is 1. The molecule has 1 amide bonds. The maximum absolute atomic E-state index is 13.6. The first-order valence-electron chi connectivity index (χ1n) is 10.5. The summed E-state index contributed by atoms with van der Waals surface area (Å²) in [5.41, 5.74) is 1.82. The van der Waals surface area contributed by atoms with Crippen LogP contribution in [-0.4, -0.2) is 12.5 Å². The lowest BCUT2D eigenvalue weighted by Gasteiger charge is -2.25. The molecule has 32 heavy (non-hydrogen) atoms. The Balaban J connectivity index is 1.76. The molecule has 0 bridgehead atoms. The summed E-state index contributed by atoms with van der Waals surface area (Å²) in [4.78, 5) is 28.7. The van der Waals surface area contributed by atoms with Crippen LogP contribution in [0.2, 0.25) is 5.02 Å². The number of carbonyl (C=O) groups is 1. The largest absolute Gasteiger partial charge is 0.494 e. The van der Waals surface area contributed by atoms with E-state index in [4.69, 9.17) is 20.8 Å². The van der Waals surface area contributed by atoms with Crippen molar-refractivity contribution in [1.82, 2.24) is 0 Å². The Morgan fingerprint density at radius 1 is 1.00 bits per heavy atom. The Bertz CT molecular complexity index is 1380. The van der Waals surface area contributed by atoms with Crippen molar-refractivity contribution < 1.29 is 13.9 Å². The van der Waals surface area contributed by atoms with Crippen LogP contribution in [0.25, 0.3) is 11.0 Å². The first kappa shape index (κ1) is 20.3. The number of anilines is 1. The van der Waals surface area contributed by atoms with Gasteiger partial charge in [-0.05, 0) is 54.4 Å². The molecule has 4 aromatic rings. The van der Waals surface area contributed by atoms with Gasteiger partial charge < -0.3 is 9.15 Å². The summed E-state index contributed by atoms with van der Waals surface area (Å²) in [6, 6.07) is 21.0. The van der Waals surface area contributed by atoms with Gasteiger partial charge >= 0.3 is 0 Å². The third-order valence-corrected chi connectivity index (χ3v) is 5.75. The van der Waals surface area contributed by atoms with Gasteiger partial charge in [0, 0.05) is 10.7 Å². The van der Waals surface area contributed by atoms with Crippen LogP contribution in [0.3, 0.4) is 0 Å². The molecule has 0 spiro atoms. The highest BCUT2D eigenvalue weighted by atomic mass is 35.5. The molecule has 0 aliphatic carbocycles.